The third-order valence-electron chi connectivity index (χ3n) is 1.41. The van der Waals surface area contributed by atoms with Gasteiger partial charge in [-0.15, -0.1) is 0 Å². The molecule has 0 radical (unpaired) electrons. The number of allylic oxidation sites excluding steroid dienone is 2. The van der Waals surface area contributed by atoms with Gasteiger partial charge >= 0.3 is 0 Å². The fourth-order valence-electron chi connectivity index (χ4n) is 0.866. The Kier molecular flexibility index (Phi) is 2.60. The van der Waals surface area contributed by atoms with E-state index in [1.807, 2.05) is 6.92 Å². The van der Waals surface area contributed by atoms with Crippen LogP contribution < -0.4 is 0 Å². The highest BCUT2D eigenvalue weighted by molar-refractivity contribution is 9.10. The Bertz CT molecular complexity index is 186. The summed E-state index contributed by atoms with van der Waals surface area (Å²) in [5.41, 5.74) is 0.593. The zero-order valence-electron chi connectivity index (χ0n) is 5.77. The first kappa shape index (κ1) is 7.92. The highest BCUT2D eigenvalue weighted by Gasteiger charge is 2.13. The van der Waals surface area contributed by atoms with Crippen LogP contribution in [0, 0.1) is 0 Å². The molecule has 0 aromatic carbocycles. The number of hydrogen-bond donors (Lipinski definition) is 0. The molecular formula is C7H9BrFN. The van der Waals surface area contributed by atoms with Crippen molar-refractivity contribution < 1.29 is 4.39 Å². The Morgan fingerprint density at radius 3 is 3.10 bits per heavy atom. The van der Waals surface area contributed by atoms with Crippen molar-refractivity contribution in [3.63, 3.8) is 0 Å². The molecule has 1 aliphatic heterocycles. The minimum atomic E-state index is -0.0770. The Balaban J connectivity index is 2.73. The van der Waals surface area contributed by atoms with Gasteiger partial charge in [0.1, 0.15) is 5.83 Å². The first-order chi connectivity index (χ1) is 4.74. The van der Waals surface area contributed by atoms with Crippen LogP contribution in [0.4, 0.5) is 4.39 Å². The zero-order valence-corrected chi connectivity index (χ0v) is 7.36. The third-order valence-corrected chi connectivity index (χ3v) is 1.97. The standard InChI is InChI=1S/C7H9BrFN/c1-2-7-6(9)3-5(8)4-10-7/h4-5H,2-3H2,1H3. The van der Waals surface area contributed by atoms with Crippen LogP contribution in [-0.4, -0.2) is 11.0 Å². The molecule has 0 aromatic rings. The quantitative estimate of drug-likeness (QED) is 0.585. The van der Waals surface area contributed by atoms with E-state index in [1.165, 1.54) is 0 Å². The van der Waals surface area contributed by atoms with Crippen molar-refractivity contribution in [2.75, 3.05) is 0 Å². The highest BCUT2D eigenvalue weighted by Crippen LogP contribution is 2.23. The van der Waals surface area contributed by atoms with Crippen LogP contribution in [0.5, 0.6) is 0 Å². The molecule has 1 rings (SSSR count). The fourth-order valence-corrected chi connectivity index (χ4v) is 1.27. The van der Waals surface area contributed by atoms with Crippen LogP contribution in [0.25, 0.3) is 0 Å². The van der Waals surface area contributed by atoms with Gasteiger partial charge in [0.25, 0.3) is 0 Å². The molecule has 0 spiro atoms. The summed E-state index contributed by atoms with van der Waals surface area (Å²) in [4.78, 5) is 4.03. The Morgan fingerprint density at radius 2 is 2.60 bits per heavy atom. The van der Waals surface area contributed by atoms with Gasteiger partial charge in [-0.3, -0.25) is 4.99 Å². The van der Waals surface area contributed by atoms with Crippen molar-refractivity contribution in [2.24, 2.45) is 4.99 Å². The summed E-state index contributed by atoms with van der Waals surface area (Å²) in [6, 6.07) is 0. The van der Waals surface area contributed by atoms with Crippen molar-refractivity contribution in [2.45, 2.75) is 24.6 Å². The fraction of sp³-hybridized carbons (Fsp3) is 0.571. The molecule has 1 nitrogen and oxygen atoms in total. The lowest BCUT2D eigenvalue weighted by Crippen LogP contribution is -2.05. The SMILES string of the molecule is CCC1=C(F)CC(Br)C=N1. The van der Waals surface area contributed by atoms with E-state index in [1.54, 1.807) is 6.21 Å². The number of hydrogen-bond acceptors (Lipinski definition) is 1. The maximum Gasteiger partial charge on any atom is 0.123 e. The molecule has 1 aliphatic rings. The van der Waals surface area contributed by atoms with Gasteiger partial charge in [-0.1, -0.05) is 22.9 Å². The van der Waals surface area contributed by atoms with Gasteiger partial charge < -0.3 is 0 Å². The second kappa shape index (κ2) is 3.28. The Morgan fingerprint density at radius 1 is 1.90 bits per heavy atom. The molecule has 1 unspecified atom stereocenters. The normalized spacial score (nSPS) is 25.7. The second-order valence-electron chi connectivity index (χ2n) is 2.20. The molecule has 0 N–H and O–H groups in total. The van der Waals surface area contributed by atoms with Crippen molar-refractivity contribution in [3.05, 3.63) is 11.5 Å². The predicted molar refractivity (Wildman–Crippen MR) is 44.2 cm³/mol. The molecule has 1 heterocycles. The topological polar surface area (TPSA) is 12.4 Å². The van der Waals surface area contributed by atoms with Gasteiger partial charge in [-0.2, -0.15) is 0 Å². The molecule has 0 amide bonds. The Labute approximate surface area is 68.2 Å². The van der Waals surface area contributed by atoms with Crippen LogP contribution in [0.1, 0.15) is 19.8 Å². The molecule has 1 atom stereocenters. The summed E-state index contributed by atoms with van der Waals surface area (Å²) in [6.07, 6.45) is 2.87. The first-order valence-electron chi connectivity index (χ1n) is 3.29. The molecule has 0 saturated heterocycles. The van der Waals surface area contributed by atoms with Crippen molar-refractivity contribution >= 4 is 22.1 Å². The summed E-state index contributed by atoms with van der Waals surface area (Å²) >= 11 is 3.26. The summed E-state index contributed by atoms with van der Waals surface area (Å²) < 4.78 is 12.8. The first-order valence-corrected chi connectivity index (χ1v) is 4.21. The van der Waals surface area contributed by atoms with E-state index >= 15 is 0 Å². The van der Waals surface area contributed by atoms with Gasteiger partial charge in [-0.25, -0.2) is 4.39 Å². The molecule has 0 bridgehead atoms. The lowest BCUT2D eigenvalue weighted by Gasteiger charge is -2.10. The van der Waals surface area contributed by atoms with Gasteiger partial charge in [0.2, 0.25) is 0 Å². The van der Waals surface area contributed by atoms with Crippen molar-refractivity contribution in [3.8, 4) is 0 Å². The highest BCUT2D eigenvalue weighted by atomic mass is 79.9. The molecule has 0 fully saturated rings. The molecule has 0 saturated carbocycles. The summed E-state index contributed by atoms with van der Waals surface area (Å²) in [5, 5.41) is 0. The largest absolute Gasteiger partial charge is 0.262 e. The molecule has 0 aliphatic carbocycles. The minimum absolute atomic E-state index is 0.0770. The summed E-state index contributed by atoms with van der Waals surface area (Å²) in [5.74, 6) is -0.0770. The van der Waals surface area contributed by atoms with Crippen molar-refractivity contribution in [1.82, 2.24) is 0 Å². The van der Waals surface area contributed by atoms with E-state index in [9.17, 15) is 4.39 Å². The number of nitrogens with zero attached hydrogens (tertiary/aromatic N) is 1. The number of halogens is 2. The Hall–Kier alpha value is -0.180. The van der Waals surface area contributed by atoms with E-state index in [-0.39, 0.29) is 10.7 Å². The van der Waals surface area contributed by atoms with Crippen LogP contribution in [-0.2, 0) is 0 Å². The zero-order chi connectivity index (χ0) is 7.56. The van der Waals surface area contributed by atoms with Crippen LogP contribution >= 0.6 is 15.9 Å². The monoisotopic (exact) mass is 205 g/mol. The van der Waals surface area contributed by atoms with E-state index in [4.69, 9.17) is 0 Å². The molecule has 0 aromatic heterocycles. The number of alkyl halides is 1. The van der Waals surface area contributed by atoms with Crippen molar-refractivity contribution in [1.29, 1.82) is 0 Å². The smallest absolute Gasteiger partial charge is 0.123 e. The molecule has 10 heavy (non-hydrogen) atoms. The summed E-state index contributed by atoms with van der Waals surface area (Å²) in [6.45, 7) is 1.90. The van der Waals surface area contributed by atoms with Gasteiger partial charge in [0.15, 0.2) is 0 Å². The van der Waals surface area contributed by atoms with Crippen LogP contribution in [0.2, 0.25) is 0 Å². The second-order valence-corrected chi connectivity index (χ2v) is 3.38. The van der Waals surface area contributed by atoms with E-state index in [2.05, 4.69) is 20.9 Å². The average Bonchev–Trinajstić information content (AvgIpc) is 1.88. The van der Waals surface area contributed by atoms with Gasteiger partial charge in [-0.05, 0) is 6.42 Å². The van der Waals surface area contributed by atoms with Gasteiger partial charge in [0.05, 0.1) is 10.5 Å². The number of rotatable bonds is 1. The average molecular weight is 206 g/mol. The van der Waals surface area contributed by atoms with Crippen LogP contribution in [0.3, 0.4) is 0 Å². The molecule has 56 valence electrons. The predicted octanol–water partition coefficient (Wildman–Crippen LogP) is 2.82. The summed E-state index contributed by atoms with van der Waals surface area (Å²) in [7, 11) is 0. The molecular weight excluding hydrogens is 197 g/mol. The maximum absolute atomic E-state index is 12.8. The van der Waals surface area contributed by atoms with Gasteiger partial charge in [0, 0.05) is 12.6 Å². The lowest BCUT2D eigenvalue weighted by atomic mass is 10.2. The maximum atomic E-state index is 12.8. The van der Waals surface area contributed by atoms with E-state index < -0.39 is 0 Å². The number of aliphatic imine (C=N–C) groups is 1. The van der Waals surface area contributed by atoms with E-state index in [0.717, 1.165) is 0 Å². The van der Waals surface area contributed by atoms with E-state index in [0.29, 0.717) is 18.5 Å². The lowest BCUT2D eigenvalue weighted by molar-refractivity contribution is 0.575. The van der Waals surface area contributed by atoms with Crippen LogP contribution in [0.15, 0.2) is 16.5 Å². The third kappa shape index (κ3) is 1.66. The molecule has 3 heteroatoms. The minimum Gasteiger partial charge on any atom is -0.262 e.